The maximum Gasteiger partial charge on any atom is 0.305 e. The first kappa shape index (κ1) is 20.9. The minimum absolute atomic E-state index is 0.0206. The SMILES string of the molecule is CCCC(=O)OC[C@H](O)CN(Cc1ccccc1)Cc1ccc(OC)cc1. The molecule has 0 aliphatic rings. The van der Waals surface area contributed by atoms with Gasteiger partial charge in [0.15, 0.2) is 0 Å². The molecular weight excluding hydrogens is 342 g/mol. The Kier molecular flexibility index (Phi) is 8.81. The third-order valence-electron chi connectivity index (χ3n) is 4.17. The van der Waals surface area contributed by atoms with Crippen LogP contribution < -0.4 is 4.74 Å². The summed E-state index contributed by atoms with van der Waals surface area (Å²) < 4.78 is 10.4. The Bertz CT molecular complexity index is 672. The van der Waals surface area contributed by atoms with Gasteiger partial charge in [-0.1, -0.05) is 49.4 Å². The van der Waals surface area contributed by atoms with Gasteiger partial charge < -0.3 is 14.6 Å². The van der Waals surface area contributed by atoms with Crippen LogP contribution in [0.5, 0.6) is 5.75 Å². The molecule has 2 aromatic carbocycles. The normalized spacial score (nSPS) is 12.0. The number of rotatable bonds is 11. The molecule has 5 heteroatoms. The average Bonchev–Trinajstić information content (AvgIpc) is 2.68. The highest BCUT2D eigenvalue weighted by molar-refractivity contribution is 5.69. The van der Waals surface area contributed by atoms with E-state index in [9.17, 15) is 9.90 Å². The molecule has 1 atom stereocenters. The summed E-state index contributed by atoms with van der Waals surface area (Å²) in [5.74, 6) is 0.553. The molecule has 0 saturated carbocycles. The van der Waals surface area contributed by atoms with Crippen molar-refractivity contribution in [3.63, 3.8) is 0 Å². The van der Waals surface area contributed by atoms with Crippen molar-refractivity contribution in [2.75, 3.05) is 20.3 Å². The van der Waals surface area contributed by atoms with E-state index in [0.717, 1.165) is 17.7 Å². The molecule has 5 nitrogen and oxygen atoms in total. The summed E-state index contributed by atoms with van der Waals surface area (Å²) in [5.41, 5.74) is 2.29. The fourth-order valence-electron chi connectivity index (χ4n) is 2.83. The van der Waals surface area contributed by atoms with Crippen molar-refractivity contribution < 1.29 is 19.4 Å². The van der Waals surface area contributed by atoms with E-state index in [1.54, 1.807) is 7.11 Å². The van der Waals surface area contributed by atoms with E-state index in [1.807, 2.05) is 49.4 Å². The highest BCUT2D eigenvalue weighted by Crippen LogP contribution is 2.15. The number of carbonyl (C=O) groups excluding carboxylic acids is 1. The summed E-state index contributed by atoms with van der Waals surface area (Å²) in [5, 5.41) is 10.3. The lowest BCUT2D eigenvalue weighted by molar-refractivity contribution is -0.147. The fraction of sp³-hybridized carbons (Fsp3) is 0.409. The third-order valence-corrected chi connectivity index (χ3v) is 4.17. The predicted molar refractivity (Wildman–Crippen MR) is 105 cm³/mol. The van der Waals surface area contributed by atoms with Gasteiger partial charge in [0, 0.05) is 26.1 Å². The van der Waals surface area contributed by atoms with Crippen molar-refractivity contribution in [2.24, 2.45) is 0 Å². The molecule has 0 spiro atoms. The Labute approximate surface area is 161 Å². The quantitative estimate of drug-likeness (QED) is 0.614. The van der Waals surface area contributed by atoms with Crippen molar-refractivity contribution in [2.45, 2.75) is 39.0 Å². The van der Waals surface area contributed by atoms with Crippen LogP contribution >= 0.6 is 0 Å². The maximum absolute atomic E-state index is 11.5. The predicted octanol–water partition coefficient (Wildman–Crippen LogP) is 3.40. The van der Waals surface area contributed by atoms with E-state index in [0.29, 0.717) is 26.1 Å². The molecular formula is C22H29NO4. The minimum atomic E-state index is -0.729. The topological polar surface area (TPSA) is 59.0 Å². The van der Waals surface area contributed by atoms with E-state index in [2.05, 4.69) is 17.0 Å². The van der Waals surface area contributed by atoms with Crippen LogP contribution in [0.25, 0.3) is 0 Å². The number of esters is 1. The van der Waals surface area contributed by atoms with Gasteiger partial charge in [0.1, 0.15) is 18.5 Å². The summed E-state index contributed by atoms with van der Waals surface area (Å²) in [7, 11) is 1.65. The number of benzene rings is 2. The first-order chi connectivity index (χ1) is 13.1. The maximum atomic E-state index is 11.5. The largest absolute Gasteiger partial charge is 0.497 e. The third kappa shape index (κ3) is 7.81. The zero-order chi connectivity index (χ0) is 19.5. The molecule has 0 aliphatic carbocycles. The van der Waals surface area contributed by atoms with Crippen LogP contribution in [0.15, 0.2) is 54.6 Å². The highest BCUT2D eigenvalue weighted by atomic mass is 16.5. The first-order valence-corrected chi connectivity index (χ1v) is 9.33. The zero-order valence-corrected chi connectivity index (χ0v) is 16.1. The molecule has 0 aliphatic heterocycles. The van der Waals surface area contributed by atoms with E-state index >= 15 is 0 Å². The molecule has 0 amide bonds. The summed E-state index contributed by atoms with van der Waals surface area (Å²) in [6.45, 7) is 3.74. The molecule has 0 heterocycles. The van der Waals surface area contributed by atoms with Crippen molar-refractivity contribution in [3.8, 4) is 5.75 Å². The van der Waals surface area contributed by atoms with Gasteiger partial charge in [0.2, 0.25) is 0 Å². The number of hydrogen-bond donors (Lipinski definition) is 1. The first-order valence-electron chi connectivity index (χ1n) is 9.33. The molecule has 27 heavy (non-hydrogen) atoms. The summed E-state index contributed by atoms with van der Waals surface area (Å²) in [6, 6.07) is 18.0. The molecule has 0 aromatic heterocycles. The molecule has 146 valence electrons. The number of methoxy groups -OCH3 is 1. The fourth-order valence-corrected chi connectivity index (χ4v) is 2.83. The number of aliphatic hydroxyl groups excluding tert-OH is 1. The molecule has 1 N–H and O–H groups in total. The van der Waals surface area contributed by atoms with Crippen LogP contribution in [-0.4, -0.2) is 42.3 Å². The van der Waals surface area contributed by atoms with Crippen molar-refractivity contribution in [3.05, 3.63) is 65.7 Å². The van der Waals surface area contributed by atoms with E-state index in [-0.39, 0.29) is 12.6 Å². The highest BCUT2D eigenvalue weighted by Gasteiger charge is 2.15. The van der Waals surface area contributed by atoms with Crippen LogP contribution in [0.4, 0.5) is 0 Å². The van der Waals surface area contributed by atoms with E-state index in [4.69, 9.17) is 9.47 Å². The second kappa shape index (κ2) is 11.4. The Morgan fingerprint density at radius 2 is 1.67 bits per heavy atom. The lowest BCUT2D eigenvalue weighted by atomic mass is 10.1. The molecule has 0 fully saturated rings. The standard InChI is InChI=1S/C22H29NO4/c1-3-7-22(25)27-17-20(24)16-23(14-18-8-5-4-6-9-18)15-19-10-12-21(26-2)13-11-19/h4-6,8-13,20,24H,3,7,14-17H2,1-2H3/t20-/m1/s1. The van der Waals surface area contributed by atoms with Gasteiger partial charge in [0.05, 0.1) is 7.11 Å². The molecule has 0 radical (unpaired) electrons. The Balaban J connectivity index is 1.98. The molecule has 0 unspecified atom stereocenters. The molecule has 0 saturated heterocycles. The van der Waals surface area contributed by atoms with Gasteiger partial charge >= 0.3 is 5.97 Å². The van der Waals surface area contributed by atoms with Gasteiger partial charge in [0.25, 0.3) is 0 Å². The van der Waals surface area contributed by atoms with Gasteiger partial charge in [-0.3, -0.25) is 9.69 Å². The number of hydrogen-bond acceptors (Lipinski definition) is 5. The minimum Gasteiger partial charge on any atom is -0.497 e. The second-order valence-electron chi connectivity index (χ2n) is 6.59. The molecule has 0 bridgehead atoms. The zero-order valence-electron chi connectivity index (χ0n) is 16.1. The van der Waals surface area contributed by atoms with Crippen molar-refractivity contribution >= 4 is 5.97 Å². The molecule has 2 aromatic rings. The van der Waals surface area contributed by atoms with E-state index < -0.39 is 6.10 Å². The van der Waals surface area contributed by atoms with Gasteiger partial charge in [-0.25, -0.2) is 0 Å². The number of aliphatic hydroxyl groups is 1. The van der Waals surface area contributed by atoms with Gasteiger partial charge in [-0.15, -0.1) is 0 Å². The number of carbonyl (C=O) groups is 1. The van der Waals surface area contributed by atoms with Crippen molar-refractivity contribution in [1.29, 1.82) is 0 Å². The average molecular weight is 371 g/mol. The Hall–Kier alpha value is -2.37. The van der Waals surface area contributed by atoms with Gasteiger partial charge in [-0.05, 0) is 29.7 Å². The Morgan fingerprint density at radius 1 is 1.04 bits per heavy atom. The number of ether oxygens (including phenoxy) is 2. The Morgan fingerprint density at radius 3 is 2.26 bits per heavy atom. The summed E-state index contributed by atoms with van der Waals surface area (Å²) in [4.78, 5) is 13.7. The second-order valence-corrected chi connectivity index (χ2v) is 6.59. The van der Waals surface area contributed by atoms with Crippen LogP contribution in [0.3, 0.4) is 0 Å². The monoisotopic (exact) mass is 371 g/mol. The van der Waals surface area contributed by atoms with Gasteiger partial charge in [-0.2, -0.15) is 0 Å². The smallest absolute Gasteiger partial charge is 0.305 e. The summed E-state index contributed by atoms with van der Waals surface area (Å²) >= 11 is 0. The van der Waals surface area contributed by atoms with Crippen LogP contribution in [-0.2, 0) is 22.6 Å². The summed E-state index contributed by atoms with van der Waals surface area (Å²) in [6.07, 6.45) is 0.395. The van der Waals surface area contributed by atoms with Crippen LogP contribution in [0, 0.1) is 0 Å². The lowest BCUT2D eigenvalue weighted by Crippen LogP contribution is -2.34. The van der Waals surface area contributed by atoms with Crippen LogP contribution in [0.1, 0.15) is 30.9 Å². The van der Waals surface area contributed by atoms with Crippen molar-refractivity contribution in [1.82, 2.24) is 4.90 Å². The molecule has 2 rings (SSSR count). The van der Waals surface area contributed by atoms with E-state index in [1.165, 1.54) is 5.56 Å². The van der Waals surface area contributed by atoms with Crippen LogP contribution in [0.2, 0.25) is 0 Å². The number of nitrogens with zero attached hydrogens (tertiary/aromatic N) is 1. The lowest BCUT2D eigenvalue weighted by Gasteiger charge is -2.25.